The second-order valence-corrected chi connectivity index (χ2v) is 10.9. The number of aryl methyl sites for hydroxylation is 3. The number of ketones is 1. The Bertz CT molecular complexity index is 1110. The molecule has 1 N–H and O–H groups in total. The maximum atomic E-state index is 12.9. The summed E-state index contributed by atoms with van der Waals surface area (Å²) in [7, 11) is 1.71. The smallest absolute Gasteiger partial charge is 0.186 e. The third kappa shape index (κ3) is 3.75. The van der Waals surface area contributed by atoms with Crippen LogP contribution in [0.2, 0.25) is 0 Å². The van der Waals surface area contributed by atoms with Crippen molar-refractivity contribution in [2.75, 3.05) is 7.11 Å². The molecular formula is C30H36O3. The summed E-state index contributed by atoms with van der Waals surface area (Å²) in [5.41, 5.74) is 6.83. The van der Waals surface area contributed by atoms with Crippen LogP contribution in [0.3, 0.4) is 0 Å². The van der Waals surface area contributed by atoms with Crippen molar-refractivity contribution in [2.24, 2.45) is 17.3 Å². The highest BCUT2D eigenvalue weighted by Crippen LogP contribution is 2.61. The Labute approximate surface area is 197 Å². The molecule has 0 spiro atoms. The fraction of sp³-hybridized carbons (Fsp3) is 0.500. The first-order valence-electron chi connectivity index (χ1n) is 12.5. The lowest BCUT2D eigenvalue weighted by atomic mass is 9.55. The summed E-state index contributed by atoms with van der Waals surface area (Å²) in [5, 5.41) is 10.7. The van der Waals surface area contributed by atoms with Gasteiger partial charge in [-0.3, -0.25) is 4.79 Å². The number of hydrogen-bond donors (Lipinski definition) is 1. The third-order valence-electron chi connectivity index (χ3n) is 9.09. The van der Waals surface area contributed by atoms with E-state index >= 15 is 0 Å². The molecule has 2 aromatic rings. The quantitative estimate of drug-likeness (QED) is 0.437. The van der Waals surface area contributed by atoms with Crippen molar-refractivity contribution in [2.45, 2.75) is 71.3 Å². The van der Waals surface area contributed by atoms with Gasteiger partial charge in [-0.05, 0) is 117 Å². The van der Waals surface area contributed by atoms with Crippen LogP contribution < -0.4 is 4.74 Å². The highest BCUT2D eigenvalue weighted by atomic mass is 16.5. The van der Waals surface area contributed by atoms with Crippen molar-refractivity contribution in [3.8, 4) is 5.75 Å². The summed E-state index contributed by atoms with van der Waals surface area (Å²) in [6.45, 7) is 6.36. The first-order valence-corrected chi connectivity index (χ1v) is 12.5. The normalized spacial score (nSPS) is 30.6. The average Bonchev–Trinajstić information content (AvgIpc) is 3.11. The van der Waals surface area contributed by atoms with Crippen molar-refractivity contribution in [3.05, 3.63) is 69.8 Å². The van der Waals surface area contributed by atoms with E-state index in [4.69, 9.17) is 4.74 Å². The van der Waals surface area contributed by atoms with E-state index < -0.39 is 0 Å². The second-order valence-electron chi connectivity index (χ2n) is 10.9. The first-order chi connectivity index (χ1) is 15.8. The highest BCUT2D eigenvalue weighted by molar-refractivity contribution is 6.07. The van der Waals surface area contributed by atoms with Crippen molar-refractivity contribution in [1.29, 1.82) is 0 Å². The zero-order valence-electron chi connectivity index (χ0n) is 20.4. The summed E-state index contributed by atoms with van der Waals surface area (Å²) in [5.74, 6) is 2.68. The van der Waals surface area contributed by atoms with Gasteiger partial charge in [0.1, 0.15) is 5.75 Å². The molecule has 0 saturated heterocycles. The van der Waals surface area contributed by atoms with Crippen LogP contribution in [0.5, 0.6) is 5.75 Å². The molecule has 5 rings (SSSR count). The van der Waals surface area contributed by atoms with E-state index in [9.17, 15) is 9.90 Å². The zero-order chi connectivity index (χ0) is 23.3. The van der Waals surface area contributed by atoms with Crippen LogP contribution in [0.15, 0.2) is 36.4 Å². The minimum atomic E-state index is -0.143. The van der Waals surface area contributed by atoms with Gasteiger partial charge in [0.2, 0.25) is 0 Å². The molecule has 2 fully saturated rings. The van der Waals surface area contributed by atoms with Crippen LogP contribution in [0.25, 0.3) is 6.08 Å². The largest absolute Gasteiger partial charge is 0.496 e. The summed E-state index contributed by atoms with van der Waals surface area (Å²) < 4.78 is 5.73. The number of allylic oxidation sites excluding steroid dienone is 1. The van der Waals surface area contributed by atoms with E-state index in [1.807, 2.05) is 32.1 Å². The Morgan fingerprint density at radius 1 is 1.12 bits per heavy atom. The molecule has 3 heteroatoms. The van der Waals surface area contributed by atoms with Gasteiger partial charge >= 0.3 is 0 Å². The topological polar surface area (TPSA) is 46.5 Å². The van der Waals surface area contributed by atoms with Gasteiger partial charge in [-0.2, -0.15) is 0 Å². The summed E-state index contributed by atoms with van der Waals surface area (Å²) in [6, 6.07) is 10.4. The molecule has 0 aromatic heterocycles. The van der Waals surface area contributed by atoms with Crippen LogP contribution in [0, 0.1) is 31.1 Å². The molecule has 0 bridgehead atoms. The Morgan fingerprint density at radius 2 is 1.94 bits per heavy atom. The van der Waals surface area contributed by atoms with E-state index in [-0.39, 0.29) is 17.3 Å². The highest BCUT2D eigenvalue weighted by Gasteiger charge is 2.54. The Kier molecular flexibility index (Phi) is 5.73. The minimum absolute atomic E-state index is 0.0264. The SMILES string of the molecule is COc1cc2c(cc1/C=C/C(=O)c1ccc(C)cc1C)[C@H]1CC[C@]3(C)C(O)CC[C@H]3[C@@H]1CC2. The summed E-state index contributed by atoms with van der Waals surface area (Å²) in [6.07, 6.45) is 10.1. The third-order valence-corrected chi connectivity index (χ3v) is 9.09. The number of aliphatic hydroxyl groups excluding tert-OH is 1. The molecule has 1 unspecified atom stereocenters. The lowest BCUT2D eigenvalue weighted by Gasteiger charge is -2.50. The number of ether oxygens (including phenoxy) is 1. The van der Waals surface area contributed by atoms with Crippen LogP contribution in [-0.2, 0) is 6.42 Å². The Morgan fingerprint density at radius 3 is 2.70 bits per heavy atom. The summed E-state index contributed by atoms with van der Waals surface area (Å²) in [4.78, 5) is 12.9. The molecular weight excluding hydrogens is 408 g/mol. The van der Waals surface area contributed by atoms with Gasteiger partial charge in [0.15, 0.2) is 5.78 Å². The second kappa shape index (κ2) is 8.43. The summed E-state index contributed by atoms with van der Waals surface area (Å²) >= 11 is 0. The zero-order valence-corrected chi connectivity index (χ0v) is 20.4. The van der Waals surface area contributed by atoms with Crippen molar-refractivity contribution >= 4 is 11.9 Å². The fourth-order valence-electron chi connectivity index (χ4n) is 7.24. The van der Waals surface area contributed by atoms with Gasteiger partial charge in [0, 0.05) is 11.1 Å². The predicted octanol–water partition coefficient (Wildman–Crippen LogP) is 6.43. The monoisotopic (exact) mass is 444 g/mol. The number of aliphatic hydroxyl groups is 1. The minimum Gasteiger partial charge on any atom is -0.496 e. The number of fused-ring (bicyclic) bond motifs is 5. The lowest BCUT2D eigenvalue weighted by molar-refractivity contribution is -0.0226. The molecule has 5 atom stereocenters. The van der Waals surface area contributed by atoms with Crippen molar-refractivity contribution in [1.82, 2.24) is 0 Å². The van der Waals surface area contributed by atoms with E-state index in [2.05, 4.69) is 25.1 Å². The van der Waals surface area contributed by atoms with Gasteiger partial charge in [0.25, 0.3) is 0 Å². The number of rotatable bonds is 4. The molecule has 174 valence electrons. The Hall–Kier alpha value is -2.39. The molecule has 2 aromatic carbocycles. The molecule has 3 aliphatic carbocycles. The molecule has 0 aliphatic heterocycles. The molecule has 0 radical (unpaired) electrons. The first kappa shape index (κ1) is 22.4. The van der Waals surface area contributed by atoms with Crippen molar-refractivity contribution in [3.63, 3.8) is 0 Å². The Balaban J connectivity index is 1.46. The van der Waals surface area contributed by atoms with E-state index in [1.54, 1.807) is 13.2 Å². The van der Waals surface area contributed by atoms with E-state index in [0.29, 0.717) is 17.8 Å². The van der Waals surface area contributed by atoms with Gasteiger partial charge in [-0.15, -0.1) is 0 Å². The van der Waals surface area contributed by atoms with Gasteiger partial charge in [-0.25, -0.2) is 0 Å². The number of benzene rings is 2. The van der Waals surface area contributed by atoms with Crippen LogP contribution in [-0.4, -0.2) is 24.1 Å². The van der Waals surface area contributed by atoms with Crippen molar-refractivity contribution < 1.29 is 14.6 Å². The molecule has 3 nitrogen and oxygen atoms in total. The lowest BCUT2D eigenvalue weighted by Crippen LogP contribution is -2.43. The molecule has 0 heterocycles. The van der Waals surface area contributed by atoms with E-state index in [0.717, 1.165) is 60.1 Å². The number of carbonyl (C=O) groups is 1. The van der Waals surface area contributed by atoms with E-state index in [1.165, 1.54) is 17.5 Å². The van der Waals surface area contributed by atoms with Gasteiger partial charge in [0.05, 0.1) is 13.2 Å². The van der Waals surface area contributed by atoms with Crippen LogP contribution in [0.1, 0.15) is 83.1 Å². The van der Waals surface area contributed by atoms with Gasteiger partial charge < -0.3 is 9.84 Å². The van der Waals surface area contributed by atoms with Gasteiger partial charge in [-0.1, -0.05) is 30.7 Å². The number of carbonyl (C=O) groups excluding carboxylic acids is 1. The molecule has 2 saturated carbocycles. The fourth-order valence-corrected chi connectivity index (χ4v) is 7.24. The van der Waals surface area contributed by atoms with Crippen LogP contribution in [0.4, 0.5) is 0 Å². The standard InChI is InChI=1S/C30H36O3/c1-18-5-8-22(19(2)15-18)27(31)11-7-21-16-25-20(17-28(21)33-4)6-9-24-23(25)13-14-30(3)26(24)10-12-29(30)32/h5,7-8,11,15-17,23-24,26,29,32H,6,9-10,12-14H2,1-4H3/b11-7+/t23-,24+,26-,29?,30-/m0/s1. The average molecular weight is 445 g/mol. The molecule has 3 aliphatic rings. The maximum absolute atomic E-state index is 12.9. The predicted molar refractivity (Wildman–Crippen MR) is 133 cm³/mol. The molecule has 0 amide bonds. The number of hydrogen-bond acceptors (Lipinski definition) is 3. The van der Waals surface area contributed by atoms with Crippen LogP contribution >= 0.6 is 0 Å². The molecule has 33 heavy (non-hydrogen) atoms. The maximum Gasteiger partial charge on any atom is 0.186 e. The number of methoxy groups -OCH3 is 1.